The van der Waals surface area contributed by atoms with E-state index in [4.69, 9.17) is 16.6 Å². The lowest BCUT2D eigenvalue weighted by Crippen LogP contribution is -2.34. The first-order valence-corrected chi connectivity index (χ1v) is 9.63. The molecule has 5 nitrogen and oxygen atoms in total. The van der Waals surface area contributed by atoms with Crippen molar-refractivity contribution < 1.29 is 9.21 Å². The molecule has 0 saturated carbocycles. The molecule has 28 heavy (non-hydrogen) atoms. The first-order valence-electron chi connectivity index (χ1n) is 8.43. The van der Waals surface area contributed by atoms with Gasteiger partial charge in [-0.25, -0.2) is 4.98 Å². The van der Waals surface area contributed by atoms with Crippen LogP contribution in [0.5, 0.6) is 0 Å². The topological polar surface area (TPSA) is 67.2 Å². The number of amides is 1. The summed E-state index contributed by atoms with van der Waals surface area (Å²) in [5.41, 5.74) is 3.56. The van der Waals surface area contributed by atoms with Crippen molar-refractivity contribution in [3.05, 3.63) is 82.8 Å². The van der Waals surface area contributed by atoms with Crippen LogP contribution in [0.2, 0.25) is 0 Å². The number of para-hydroxylation sites is 2. The number of nitrogens with one attached hydrogen (secondary N) is 2. The molecule has 0 bridgehead atoms. The second-order valence-electron chi connectivity index (χ2n) is 5.96. The van der Waals surface area contributed by atoms with Gasteiger partial charge in [0.05, 0.1) is 5.56 Å². The molecule has 0 aliphatic rings. The molecule has 138 valence electrons. The van der Waals surface area contributed by atoms with Gasteiger partial charge in [0.25, 0.3) is 5.91 Å². The number of oxazole rings is 1. The highest BCUT2D eigenvalue weighted by molar-refractivity contribution is 9.10. The first-order chi connectivity index (χ1) is 13.6. The first kappa shape index (κ1) is 18.3. The van der Waals surface area contributed by atoms with Gasteiger partial charge in [-0.1, -0.05) is 30.3 Å². The maximum atomic E-state index is 12.4. The van der Waals surface area contributed by atoms with Crippen molar-refractivity contribution >= 4 is 56.0 Å². The Hall–Kier alpha value is -3.03. The van der Waals surface area contributed by atoms with Crippen molar-refractivity contribution in [2.75, 3.05) is 5.32 Å². The maximum Gasteiger partial charge on any atom is 0.258 e. The monoisotopic (exact) mass is 451 g/mol. The largest absolute Gasteiger partial charge is 0.436 e. The third-order valence-electron chi connectivity index (χ3n) is 4.01. The molecule has 0 atom stereocenters. The van der Waals surface area contributed by atoms with E-state index in [1.54, 1.807) is 18.2 Å². The molecule has 1 amide bonds. The maximum absolute atomic E-state index is 12.4. The number of halogens is 1. The predicted molar refractivity (Wildman–Crippen MR) is 117 cm³/mol. The molecular weight excluding hydrogens is 438 g/mol. The number of benzene rings is 3. The minimum Gasteiger partial charge on any atom is -0.436 e. The van der Waals surface area contributed by atoms with E-state index in [0.29, 0.717) is 15.9 Å². The van der Waals surface area contributed by atoms with Crippen LogP contribution >= 0.6 is 28.1 Å². The Morgan fingerprint density at radius 2 is 1.79 bits per heavy atom. The summed E-state index contributed by atoms with van der Waals surface area (Å²) in [6.07, 6.45) is 0. The number of hydrogen-bond acceptors (Lipinski definition) is 4. The zero-order chi connectivity index (χ0) is 19.5. The van der Waals surface area contributed by atoms with Crippen LogP contribution < -0.4 is 10.6 Å². The summed E-state index contributed by atoms with van der Waals surface area (Å²) >= 11 is 8.63. The number of nitrogens with zero attached hydrogens (tertiary/aromatic N) is 1. The molecule has 1 heterocycles. The van der Waals surface area contributed by atoms with E-state index in [2.05, 4.69) is 31.5 Å². The molecule has 0 fully saturated rings. The Morgan fingerprint density at radius 3 is 2.61 bits per heavy atom. The molecule has 4 rings (SSSR count). The van der Waals surface area contributed by atoms with Crippen LogP contribution in [0.15, 0.2) is 81.7 Å². The van der Waals surface area contributed by atoms with Crippen LogP contribution in [-0.2, 0) is 0 Å². The summed E-state index contributed by atoms with van der Waals surface area (Å²) < 4.78 is 6.51. The average Bonchev–Trinajstić information content (AvgIpc) is 3.12. The second-order valence-corrected chi connectivity index (χ2v) is 7.22. The smallest absolute Gasteiger partial charge is 0.258 e. The van der Waals surface area contributed by atoms with Gasteiger partial charge >= 0.3 is 0 Å². The quantitative estimate of drug-likeness (QED) is 0.409. The van der Waals surface area contributed by atoms with Crippen LogP contribution in [0, 0.1) is 0 Å². The number of hydrogen-bond donors (Lipinski definition) is 2. The van der Waals surface area contributed by atoms with E-state index in [1.807, 2.05) is 54.6 Å². The van der Waals surface area contributed by atoms with Crippen molar-refractivity contribution in [1.82, 2.24) is 10.3 Å². The van der Waals surface area contributed by atoms with Gasteiger partial charge in [-0.15, -0.1) is 0 Å². The molecule has 1 aromatic heterocycles. The van der Waals surface area contributed by atoms with Crippen molar-refractivity contribution in [3.8, 4) is 11.5 Å². The van der Waals surface area contributed by atoms with E-state index in [-0.39, 0.29) is 11.0 Å². The number of rotatable bonds is 3. The summed E-state index contributed by atoms with van der Waals surface area (Å²) in [6.45, 7) is 0. The highest BCUT2D eigenvalue weighted by Gasteiger charge is 2.12. The van der Waals surface area contributed by atoms with Crippen LogP contribution in [-0.4, -0.2) is 16.0 Å². The molecule has 3 aromatic carbocycles. The fourth-order valence-electron chi connectivity index (χ4n) is 2.70. The molecule has 0 aliphatic heterocycles. The van der Waals surface area contributed by atoms with E-state index in [1.165, 1.54) is 0 Å². The summed E-state index contributed by atoms with van der Waals surface area (Å²) in [7, 11) is 0. The predicted octanol–water partition coefficient (Wildman–Crippen LogP) is 5.38. The zero-order valence-corrected chi connectivity index (χ0v) is 16.9. The lowest BCUT2D eigenvalue weighted by Gasteiger charge is -2.11. The van der Waals surface area contributed by atoms with Crippen molar-refractivity contribution in [2.24, 2.45) is 0 Å². The van der Waals surface area contributed by atoms with E-state index < -0.39 is 0 Å². The normalized spacial score (nSPS) is 10.6. The lowest BCUT2D eigenvalue weighted by atomic mass is 10.2. The highest BCUT2D eigenvalue weighted by atomic mass is 79.9. The van der Waals surface area contributed by atoms with Crippen LogP contribution in [0.3, 0.4) is 0 Å². The van der Waals surface area contributed by atoms with Gasteiger partial charge in [0, 0.05) is 15.7 Å². The second kappa shape index (κ2) is 7.92. The number of aromatic nitrogens is 1. The van der Waals surface area contributed by atoms with Gasteiger partial charge in [-0.3, -0.25) is 10.1 Å². The van der Waals surface area contributed by atoms with E-state index >= 15 is 0 Å². The van der Waals surface area contributed by atoms with Gasteiger partial charge < -0.3 is 9.73 Å². The SMILES string of the molecule is O=C(NC(=S)Nc1cccc(-c2nc3ccccc3o2)c1)c1ccccc1Br. The summed E-state index contributed by atoms with van der Waals surface area (Å²) in [6, 6.07) is 22.2. The Kier molecular flexibility index (Phi) is 5.18. The Labute approximate surface area is 174 Å². The molecule has 0 unspecified atom stereocenters. The average molecular weight is 452 g/mol. The van der Waals surface area contributed by atoms with Crippen molar-refractivity contribution in [3.63, 3.8) is 0 Å². The number of anilines is 1. The van der Waals surface area contributed by atoms with E-state index in [0.717, 1.165) is 22.4 Å². The number of carbonyl (C=O) groups is 1. The van der Waals surface area contributed by atoms with Crippen LogP contribution in [0.1, 0.15) is 10.4 Å². The minimum absolute atomic E-state index is 0.204. The number of fused-ring (bicyclic) bond motifs is 1. The zero-order valence-electron chi connectivity index (χ0n) is 14.5. The summed E-state index contributed by atoms with van der Waals surface area (Å²) in [5.74, 6) is 0.230. The molecule has 0 radical (unpaired) electrons. The molecule has 0 aliphatic carbocycles. The molecular formula is C21H14BrN3O2S. The molecule has 0 spiro atoms. The van der Waals surface area contributed by atoms with Gasteiger partial charge in [0.1, 0.15) is 5.52 Å². The lowest BCUT2D eigenvalue weighted by molar-refractivity contribution is 0.0977. The highest BCUT2D eigenvalue weighted by Crippen LogP contribution is 2.26. The Bertz CT molecular complexity index is 1160. The van der Waals surface area contributed by atoms with Crippen molar-refractivity contribution in [1.29, 1.82) is 0 Å². The fourth-order valence-corrected chi connectivity index (χ4v) is 3.38. The van der Waals surface area contributed by atoms with Crippen LogP contribution in [0.25, 0.3) is 22.6 Å². The van der Waals surface area contributed by atoms with Gasteiger partial charge in [0.2, 0.25) is 5.89 Å². The Balaban J connectivity index is 1.49. The third-order valence-corrected chi connectivity index (χ3v) is 4.90. The van der Waals surface area contributed by atoms with Gasteiger partial charge in [0.15, 0.2) is 10.7 Å². The molecule has 7 heteroatoms. The minimum atomic E-state index is -0.292. The standard InChI is InChI=1S/C21H14BrN3O2S/c22-16-9-2-1-8-15(16)19(26)25-21(28)23-14-7-5-6-13(12-14)20-24-17-10-3-4-11-18(17)27-20/h1-12H,(H2,23,25,26,28). The van der Waals surface area contributed by atoms with Crippen LogP contribution in [0.4, 0.5) is 5.69 Å². The van der Waals surface area contributed by atoms with Crippen molar-refractivity contribution in [2.45, 2.75) is 0 Å². The fraction of sp³-hybridized carbons (Fsp3) is 0. The number of carbonyl (C=O) groups excluding carboxylic acids is 1. The molecule has 0 saturated heterocycles. The Morgan fingerprint density at radius 1 is 1.00 bits per heavy atom. The van der Waals surface area contributed by atoms with Gasteiger partial charge in [-0.05, 0) is 70.6 Å². The third kappa shape index (κ3) is 3.95. The summed E-state index contributed by atoms with van der Waals surface area (Å²) in [5, 5.41) is 5.90. The number of thiocarbonyl (C=S) groups is 1. The summed E-state index contributed by atoms with van der Waals surface area (Å²) in [4.78, 5) is 16.9. The van der Waals surface area contributed by atoms with E-state index in [9.17, 15) is 4.79 Å². The molecule has 4 aromatic rings. The molecule has 2 N–H and O–H groups in total. The van der Waals surface area contributed by atoms with Gasteiger partial charge in [-0.2, -0.15) is 0 Å².